The summed E-state index contributed by atoms with van der Waals surface area (Å²) in [6.45, 7) is 3.00. The average molecular weight is 308 g/mol. The predicted octanol–water partition coefficient (Wildman–Crippen LogP) is 2.78. The van der Waals surface area contributed by atoms with E-state index in [1.54, 1.807) is 11.0 Å². The van der Waals surface area contributed by atoms with Crippen molar-refractivity contribution in [3.8, 4) is 0 Å². The van der Waals surface area contributed by atoms with Gasteiger partial charge in [-0.2, -0.15) is 0 Å². The Kier molecular flexibility index (Phi) is 5.35. The first-order chi connectivity index (χ1) is 10.5. The highest BCUT2D eigenvalue weighted by Gasteiger charge is 2.34. The second kappa shape index (κ2) is 7.24. The number of rotatable bonds is 5. The van der Waals surface area contributed by atoms with Crippen molar-refractivity contribution >= 4 is 12.0 Å². The third-order valence-electron chi connectivity index (χ3n) is 3.85. The largest absolute Gasteiger partial charge is 0.481 e. The van der Waals surface area contributed by atoms with Gasteiger partial charge in [-0.1, -0.05) is 19.1 Å². The minimum Gasteiger partial charge on any atom is -0.481 e. The third kappa shape index (κ3) is 4.19. The fraction of sp³-hybridized carbons (Fsp3) is 0.500. The lowest BCUT2D eigenvalue weighted by Gasteiger charge is -2.25. The predicted molar refractivity (Wildman–Crippen MR) is 79.9 cm³/mol. The zero-order valence-electron chi connectivity index (χ0n) is 12.6. The summed E-state index contributed by atoms with van der Waals surface area (Å²) >= 11 is 0. The molecule has 0 aliphatic carbocycles. The van der Waals surface area contributed by atoms with Crippen LogP contribution >= 0.6 is 0 Å². The Morgan fingerprint density at radius 1 is 1.45 bits per heavy atom. The second-order valence-electron chi connectivity index (χ2n) is 5.79. The summed E-state index contributed by atoms with van der Waals surface area (Å²) in [5.41, 5.74) is 0.796. The number of nitrogens with one attached hydrogen (secondary N) is 1. The fourth-order valence-electron chi connectivity index (χ4n) is 2.84. The molecule has 1 aliphatic heterocycles. The van der Waals surface area contributed by atoms with Crippen molar-refractivity contribution in [3.63, 3.8) is 0 Å². The van der Waals surface area contributed by atoms with Gasteiger partial charge < -0.3 is 15.3 Å². The number of carbonyl (C=O) groups excluding carboxylic acids is 1. The molecule has 0 aromatic heterocycles. The molecule has 2 atom stereocenters. The van der Waals surface area contributed by atoms with Crippen LogP contribution in [-0.2, 0) is 4.79 Å². The molecule has 2 amide bonds. The van der Waals surface area contributed by atoms with E-state index < -0.39 is 5.97 Å². The Balaban J connectivity index is 1.98. The summed E-state index contributed by atoms with van der Waals surface area (Å²) in [6.07, 6.45) is 1.23. The Labute approximate surface area is 129 Å². The molecule has 5 nitrogen and oxygen atoms in total. The van der Waals surface area contributed by atoms with Crippen molar-refractivity contribution < 1.29 is 19.1 Å². The van der Waals surface area contributed by atoms with Crippen molar-refractivity contribution in [2.75, 3.05) is 13.1 Å². The Morgan fingerprint density at radius 2 is 2.23 bits per heavy atom. The molecule has 1 fully saturated rings. The van der Waals surface area contributed by atoms with E-state index >= 15 is 0 Å². The maximum absolute atomic E-state index is 13.4. The number of likely N-dealkylation sites (tertiary alicyclic amines) is 1. The highest BCUT2D eigenvalue weighted by atomic mass is 19.1. The summed E-state index contributed by atoms with van der Waals surface area (Å²) in [5.74, 6) is -0.835. The number of halogens is 1. The molecule has 0 spiro atoms. The zero-order valence-corrected chi connectivity index (χ0v) is 12.6. The smallest absolute Gasteiger partial charge is 0.317 e. The van der Waals surface area contributed by atoms with Gasteiger partial charge in [0.05, 0.1) is 6.04 Å². The van der Waals surface area contributed by atoms with E-state index in [0.29, 0.717) is 25.4 Å². The van der Waals surface area contributed by atoms with Crippen LogP contribution < -0.4 is 5.32 Å². The molecular weight excluding hydrogens is 287 g/mol. The van der Waals surface area contributed by atoms with E-state index in [1.807, 2.05) is 6.07 Å². The maximum atomic E-state index is 13.4. The van der Waals surface area contributed by atoms with Crippen molar-refractivity contribution in [2.24, 2.45) is 5.92 Å². The minimum absolute atomic E-state index is 0.0318. The zero-order chi connectivity index (χ0) is 16.1. The number of hydrogen-bond acceptors (Lipinski definition) is 2. The quantitative estimate of drug-likeness (QED) is 0.822. The van der Waals surface area contributed by atoms with E-state index in [4.69, 9.17) is 5.11 Å². The van der Waals surface area contributed by atoms with E-state index in [0.717, 1.165) is 12.0 Å². The number of carbonyl (C=O) groups is 2. The van der Waals surface area contributed by atoms with Crippen molar-refractivity contribution in [1.29, 1.82) is 0 Å². The lowest BCUT2D eigenvalue weighted by atomic mass is 10.0. The molecule has 2 unspecified atom stereocenters. The molecule has 0 bridgehead atoms. The van der Waals surface area contributed by atoms with Crippen LogP contribution in [0.3, 0.4) is 0 Å². The van der Waals surface area contributed by atoms with Gasteiger partial charge in [0.25, 0.3) is 0 Å². The highest BCUT2D eigenvalue weighted by Crippen LogP contribution is 2.35. The van der Waals surface area contributed by atoms with E-state index in [1.165, 1.54) is 12.1 Å². The van der Waals surface area contributed by atoms with Crippen LogP contribution in [0.4, 0.5) is 9.18 Å². The van der Waals surface area contributed by atoms with Gasteiger partial charge in [-0.25, -0.2) is 9.18 Å². The number of amides is 2. The van der Waals surface area contributed by atoms with E-state index in [2.05, 4.69) is 12.2 Å². The van der Waals surface area contributed by atoms with Crippen LogP contribution in [0.2, 0.25) is 0 Å². The fourth-order valence-corrected chi connectivity index (χ4v) is 2.84. The summed E-state index contributed by atoms with van der Waals surface area (Å²) in [7, 11) is 0. The van der Waals surface area contributed by atoms with Crippen LogP contribution in [0.25, 0.3) is 0 Å². The Hall–Kier alpha value is -2.11. The summed E-state index contributed by atoms with van der Waals surface area (Å²) in [6, 6.07) is 5.98. The molecule has 0 saturated carbocycles. The Morgan fingerprint density at radius 3 is 2.91 bits per heavy atom. The molecule has 2 rings (SSSR count). The van der Waals surface area contributed by atoms with Gasteiger partial charge in [-0.3, -0.25) is 4.79 Å². The van der Waals surface area contributed by atoms with Crippen LogP contribution in [0, 0.1) is 11.7 Å². The lowest BCUT2D eigenvalue weighted by Crippen LogP contribution is -2.40. The molecule has 1 heterocycles. The van der Waals surface area contributed by atoms with Gasteiger partial charge in [-0.05, 0) is 36.5 Å². The number of carboxylic acids is 1. The van der Waals surface area contributed by atoms with Crippen LogP contribution in [0.1, 0.15) is 37.8 Å². The van der Waals surface area contributed by atoms with Gasteiger partial charge in [0.15, 0.2) is 0 Å². The molecule has 6 heteroatoms. The van der Waals surface area contributed by atoms with Gasteiger partial charge >= 0.3 is 12.0 Å². The normalized spacial score (nSPS) is 20.9. The number of benzene rings is 1. The number of nitrogens with zero attached hydrogens (tertiary/aromatic N) is 1. The standard InChI is InChI=1S/C16H21FN2O3/c1-11-8-14(12-4-2-5-13(17)9-12)19(10-11)16(22)18-7-3-6-15(20)21/h2,4-5,9,11,14H,3,6-8,10H2,1H3,(H,18,22)(H,20,21). The molecule has 1 aliphatic rings. The number of urea groups is 1. The number of aliphatic carboxylic acids is 1. The molecule has 120 valence electrons. The molecule has 1 saturated heterocycles. The summed E-state index contributed by atoms with van der Waals surface area (Å²) in [5, 5.41) is 11.3. The van der Waals surface area contributed by atoms with Crippen LogP contribution in [0.5, 0.6) is 0 Å². The average Bonchev–Trinajstić information content (AvgIpc) is 2.85. The van der Waals surface area contributed by atoms with Gasteiger partial charge in [0.2, 0.25) is 0 Å². The molecule has 1 aromatic carbocycles. The summed E-state index contributed by atoms with van der Waals surface area (Å²) < 4.78 is 13.4. The molecule has 1 aromatic rings. The molecule has 22 heavy (non-hydrogen) atoms. The molecule has 0 radical (unpaired) electrons. The topological polar surface area (TPSA) is 69.6 Å². The van der Waals surface area contributed by atoms with E-state index in [-0.39, 0.29) is 24.3 Å². The van der Waals surface area contributed by atoms with E-state index in [9.17, 15) is 14.0 Å². The minimum atomic E-state index is -0.873. The van der Waals surface area contributed by atoms with Gasteiger partial charge in [0, 0.05) is 19.5 Å². The molecular formula is C16H21FN2O3. The first-order valence-electron chi connectivity index (χ1n) is 7.49. The Bertz CT molecular complexity index is 550. The highest BCUT2D eigenvalue weighted by molar-refractivity contribution is 5.75. The number of hydrogen-bond donors (Lipinski definition) is 2. The maximum Gasteiger partial charge on any atom is 0.317 e. The van der Waals surface area contributed by atoms with Crippen LogP contribution in [0.15, 0.2) is 24.3 Å². The summed E-state index contributed by atoms with van der Waals surface area (Å²) in [4.78, 5) is 24.4. The lowest BCUT2D eigenvalue weighted by molar-refractivity contribution is -0.137. The van der Waals surface area contributed by atoms with Crippen LogP contribution in [-0.4, -0.2) is 35.1 Å². The number of carboxylic acid groups (broad SMARTS) is 1. The first-order valence-corrected chi connectivity index (χ1v) is 7.49. The van der Waals surface area contributed by atoms with Crippen molar-refractivity contribution in [1.82, 2.24) is 10.2 Å². The third-order valence-corrected chi connectivity index (χ3v) is 3.85. The first kappa shape index (κ1) is 16.3. The second-order valence-corrected chi connectivity index (χ2v) is 5.79. The monoisotopic (exact) mass is 308 g/mol. The molecule has 2 N–H and O–H groups in total. The SMILES string of the molecule is CC1CC(c2cccc(F)c2)N(C(=O)NCCCC(=O)O)C1. The van der Waals surface area contributed by atoms with Gasteiger partial charge in [-0.15, -0.1) is 0 Å². The van der Waals surface area contributed by atoms with Crippen molar-refractivity contribution in [3.05, 3.63) is 35.6 Å². The van der Waals surface area contributed by atoms with Gasteiger partial charge in [0.1, 0.15) is 5.82 Å². The van der Waals surface area contributed by atoms with Crippen molar-refractivity contribution in [2.45, 2.75) is 32.2 Å².